The minimum Gasteiger partial charge on any atom is -0.462 e. The average molecular weight is 748 g/mol. The van der Waals surface area contributed by atoms with Crippen LogP contribution < -0.4 is 5.73 Å². The van der Waals surface area contributed by atoms with Crippen LogP contribution in [0.4, 0.5) is 0 Å². The molecule has 296 valence electrons. The van der Waals surface area contributed by atoms with Crippen molar-refractivity contribution in [1.82, 2.24) is 0 Å². The molecule has 52 heavy (non-hydrogen) atoms. The van der Waals surface area contributed by atoms with Crippen molar-refractivity contribution < 1.29 is 37.6 Å². The molecule has 0 aliphatic rings. The molecule has 2 atom stereocenters. The Bertz CT molecular complexity index is 1130. The van der Waals surface area contributed by atoms with Gasteiger partial charge in [-0.3, -0.25) is 18.6 Å². The Kier molecular flexibility index (Phi) is 35.9. The Balaban J connectivity index is 4.30. The van der Waals surface area contributed by atoms with Crippen LogP contribution in [0.2, 0.25) is 0 Å². The van der Waals surface area contributed by atoms with Gasteiger partial charge < -0.3 is 20.1 Å². The molecule has 10 heteroatoms. The molecule has 0 aromatic rings. The topological polar surface area (TPSA) is 134 Å². The van der Waals surface area contributed by atoms with Crippen LogP contribution in [0.3, 0.4) is 0 Å². The van der Waals surface area contributed by atoms with E-state index >= 15 is 0 Å². The van der Waals surface area contributed by atoms with Gasteiger partial charge in [-0.15, -0.1) is 0 Å². The SMILES string of the molecule is CC/C=C/C=C/C=C/CCCCCCCC(=O)OC(COC(=O)CCCCCCC/C=C/C=C/C=C/C=C/CCCCC)COP(=O)(O)OCCN. The number of phosphoric ester groups is 1. The van der Waals surface area contributed by atoms with E-state index in [2.05, 4.69) is 62.5 Å². The van der Waals surface area contributed by atoms with Crippen LogP contribution in [0.25, 0.3) is 0 Å². The van der Waals surface area contributed by atoms with Gasteiger partial charge in [-0.25, -0.2) is 4.57 Å². The zero-order valence-electron chi connectivity index (χ0n) is 32.3. The summed E-state index contributed by atoms with van der Waals surface area (Å²) in [6.07, 6.45) is 46.1. The molecule has 0 aliphatic heterocycles. The highest BCUT2D eigenvalue weighted by Crippen LogP contribution is 2.43. The Morgan fingerprint density at radius 1 is 0.596 bits per heavy atom. The maximum absolute atomic E-state index is 12.5. The summed E-state index contributed by atoms with van der Waals surface area (Å²) in [6.45, 7) is 3.47. The number of unbranched alkanes of at least 4 members (excludes halogenated alkanes) is 13. The zero-order chi connectivity index (χ0) is 38.2. The first-order valence-corrected chi connectivity index (χ1v) is 21.1. The molecule has 0 fully saturated rings. The molecule has 0 spiro atoms. The largest absolute Gasteiger partial charge is 0.472 e. The second-order valence-corrected chi connectivity index (χ2v) is 14.0. The van der Waals surface area contributed by atoms with Gasteiger partial charge in [0, 0.05) is 19.4 Å². The van der Waals surface area contributed by atoms with Gasteiger partial charge >= 0.3 is 19.8 Å². The van der Waals surface area contributed by atoms with Crippen LogP contribution in [0.15, 0.2) is 85.1 Å². The molecule has 9 nitrogen and oxygen atoms in total. The molecule has 0 aromatic heterocycles. The van der Waals surface area contributed by atoms with Crippen molar-refractivity contribution in [2.24, 2.45) is 5.73 Å². The van der Waals surface area contributed by atoms with Gasteiger partial charge in [-0.1, -0.05) is 150 Å². The Morgan fingerprint density at radius 3 is 1.58 bits per heavy atom. The predicted octanol–water partition coefficient (Wildman–Crippen LogP) is 10.9. The van der Waals surface area contributed by atoms with E-state index in [-0.39, 0.29) is 32.6 Å². The first-order chi connectivity index (χ1) is 25.3. The molecular formula is C42H70NO8P. The summed E-state index contributed by atoms with van der Waals surface area (Å²) in [4.78, 5) is 34.7. The number of hydrogen-bond donors (Lipinski definition) is 2. The number of ether oxygens (including phenoxy) is 2. The molecule has 0 bridgehead atoms. The smallest absolute Gasteiger partial charge is 0.462 e. The summed E-state index contributed by atoms with van der Waals surface area (Å²) < 4.78 is 32.6. The summed E-state index contributed by atoms with van der Waals surface area (Å²) in [5.74, 6) is -0.890. The summed E-state index contributed by atoms with van der Waals surface area (Å²) in [5, 5.41) is 0. The first kappa shape index (κ1) is 49.2. The number of hydrogen-bond acceptors (Lipinski definition) is 8. The lowest BCUT2D eigenvalue weighted by atomic mass is 10.1. The van der Waals surface area contributed by atoms with Crippen LogP contribution in [-0.4, -0.2) is 49.3 Å². The summed E-state index contributed by atoms with van der Waals surface area (Å²) in [5.41, 5.74) is 5.33. The highest BCUT2D eigenvalue weighted by atomic mass is 31.2. The van der Waals surface area contributed by atoms with Crippen molar-refractivity contribution >= 4 is 19.8 Å². The lowest BCUT2D eigenvalue weighted by molar-refractivity contribution is -0.161. The van der Waals surface area contributed by atoms with Gasteiger partial charge in [-0.2, -0.15) is 0 Å². The van der Waals surface area contributed by atoms with E-state index in [4.69, 9.17) is 24.3 Å². The van der Waals surface area contributed by atoms with Gasteiger partial charge in [0.05, 0.1) is 13.2 Å². The van der Waals surface area contributed by atoms with E-state index in [0.717, 1.165) is 77.0 Å². The van der Waals surface area contributed by atoms with Crippen molar-refractivity contribution in [1.29, 1.82) is 0 Å². The second kappa shape index (κ2) is 37.9. The van der Waals surface area contributed by atoms with E-state index in [9.17, 15) is 19.0 Å². The average Bonchev–Trinajstić information content (AvgIpc) is 3.13. The van der Waals surface area contributed by atoms with Crippen molar-refractivity contribution in [3.8, 4) is 0 Å². The van der Waals surface area contributed by atoms with Gasteiger partial charge in [0.1, 0.15) is 6.61 Å². The summed E-state index contributed by atoms with van der Waals surface area (Å²) >= 11 is 0. The number of esters is 2. The summed E-state index contributed by atoms with van der Waals surface area (Å²) in [6, 6.07) is 0. The molecule has 2 unspecified atom stereocenters. The fraction of sp³-hybridized carbons (Fsp3) is 0.619. The lowest BCUT2D eigenvalue weighted by Crippen LogP contribution is -2.29. The molecule has 0 heterocycles. The number of carbonyl (C=O) groups is 2. The molecule has 3 N–H and O–H groups in total. The van der Waals surface area contributed by atoms with Crippen LogP contribution in [0.5, 0.6) is 0 Å². The molecule has 0 saturated carbocycles. The maximum Gasteiger partial charge on any atom is 0.472 e. The molecule has 0 radical (unpaired) electrons. The minimum absolute atomic E-state index is 0.0410. The number of allylic oxidation sites excluding steroid dienone is 14. The monoisotopic (exact) mass is 747 g/mol. The molecule has 0 amide bonds. The van der Waals surface area contributed by atoms with Crippen molar-refractivity contribution in [3.05, 3.63) is 85.1 Å². The lowest BCUT2D eigenvalue weighted by Gasteiger charge is -2.19. The highest BCUT2D eigenvalue weighted by molar-refractivity contribution is 7.47. The van der Waals surface area contributed by atoms with E-state index in [0.29, 0.717) is 12.8 Å². The van der Waals surface area contributed by atoms with E-state index < -0.39 is 32.5 Å². The fourth-order valence-corrected chi connectivity index (χ4v) is 5.53. The van der Waals surface area contributed by atoms with Crippen LogP contribution in [-0.2, 0) is 32.7 Å². The van der Waals surface area contributed by atoms with Crippen LogP contribution in [0, 0.1) is 0 Å². The normalized spacial score (nSPS) is 14.3. The summed E-state index contributed by atoms with van der Waals surface area (Å²) in [7, 11) is -4.39. The van der Waals surface area contributed by atoms with Crippen molar-refractivity contribution in [3.63, 3.8) is 0 Å². The number of nitrogens with two attached hydrogens (primary N) is 1. The molecule has 0 aromatic carbocycles. The third-order valence-electron chi connectivity index (χ3n) is 7.67. The standard InChI is InChI=1S/C42H70NO8P/c1-3-5-7-9-11-13-15-17-18-19-20-21-23-24-26-28-30-32-34-41(44)48-38-40(39-50-52(46,47)49-37-36-43)51-42(45)35-33-31-29-27-25-22-16-14-12-10-8-6-4-2/h6,8,10-21,40H,3-5,7,9,22-39,43H2,1-2H3,(H,46,47)/b8-6+,12-10+,13-11+,16-14+,17-15+,19-18+,21-20+. The molecular weight excluding hydrogens is 677 g/mol. The zero-order valence-corrected chi connectivity index (χ0v) is 33.1. The van der Waals surface area contributed by atoms with Gasteiger partial charge in [0.2, 0.25) is 0 Å². The maximum atomic E-state index is 12.5. The van der Waals surface area contributed by atoms with Gasteiger partial charge in [0.15, 0.2) is 6.10 Å². The predicted molar refractivity (Wildman–Crippen MR) is 215 cm³/mol. The van der Waals surface area contributed by atoms with E-state index in [1.165, 1.54) is 19.3 Å². The van der Waals surface area contributed by atoms with E-state index in [1.54, 1.807) is 0 Å². The molecule has 0 saturated heterocycles. The van der Waals surface area contributed by atoms with Crippen molar-refractivity contribution in [2.75, 3.05) is 26.4 Å². The molecule has 0 rings (SSSR count). The van der Waals surface area contributed by atoms with Gasteiger partial charge in [0.25, 0.3) is 0 Å². The Morgan fingerprint density at radius 2 is 1.06 bits per heavy atom. The number of rotatable bonds is 35. The van der Waals surface area contributed by atoms with E-state index in [1.807, 2.05) is 36.5 Å². The van der Waals surface area contributed by atoms with Crippen LogP contribution in [0.1, 0.15) is 136 Å². The second-order valence-electron chi connectivity index (χ2n) is 12.6. The fourth-order valence-electron chi connectivity index (χ4n) is 4.76. The first-order valence-electron chi connectivity index (χ1n) is 19.6. The highest BCUT2D eigenvalue weighted by Gasteiger charge is 2.25. The number of carbonyl (C=O) groups excluding carboxylic acids is 2. The third-order valence-corrected chi connectivity index (χ3v) is 8.66. The Labute approximate surface area is 315 Å². The minimum atomic E-state index is -4.39. The van der Waals surface area contributed by atoms with Gasteiger partial charge in [-0.05, 0) is 57.8 Å². The molecule has 0 aliphatic carbocycles. The Hall–Kier alpha value is -2.81. The number of phosphoric acid groups is 1. The third kappa shape index (κ3) is 37.0. The quantitative estimate of drug-likeness (QED) is 0.0281. The van der Waals surface area contributed by atoms with Crippen LogP contribution >= 0.6 is 7.82 Å². The van der Waals surface area contributed by atoms with Crippen molar-refractivity contribution in [2.45, 2.75) is 142 Å².